The van der Waals surface area contributed by atoms with E-state index < -0.39 is 0 Å². The van der Waals surface area contributed by atoms with Gasteiger partial charge in [-0.05, 0) is 33.5 Å². The largest absolute Gasteiger partial charge is 0.379 e. The number of hydrogen-bond donors (Lipinski definition) is 2. The molecule has 90 valence electrons. The van der Waals surface area contributed by atoms with Crippen LogP contribution in [0.4, 0.5) is 0 Å². The van der Waals surface area contributed by atoms with E-state index in [1.807, 2.05) is 0 Å². The van der Waals surface area contributed by atoms with Gasteiger partial charge in [-0.15, -0.1) is 0 Å². The first-order chi connectivity index (χ1) is 7.29. The highest BCUT2D eigenvalue weighted by Crippen LogP contribution is 2.02. The third-order valence-corrected chi connectivity index (χ3v) is 2.66. The van der Waals surface area contributed by atoms with Crippen LogP contribution in [0.5, 0.6) is 0 Å². The summed E-state index contributed by atoms with van der Waals surface area (Å²) < 4.78 is 5.48. The highest BCUT2D eigenvalue weighted by atomic mass is 16.5. The van der Waals surface area contributed by atoms with Crippen molar-refractivity contribution in [2.45, 2.75) is 18.9 Å². The van der Waals surface area contributed by atoms with Crippen molar-refractivity contribution in [3.63, 3.8) is 0 Å². The Morgan fingerprint density at radius 3 is 2.93 bits per heavy atom. The van der Waals surface area contributed by atoms with Gasteiger partial charge in [-0.25, -0.2) is 0 Å². The molecular formula is C11H25N3O. The zero-order valence-corrected chi connectivity index (χ0v) is 10.1. The van der Waals surface area contributed by atoms with E-state index in [1.54, 1.807) is 0 Å². The average Bonchev–Trinajstić information content (AvgIpc) is 2.68. The van der Waals surface area contributed by atoms with Crippen molar-refractivity contribution in [1.82, 2.24) is 15.5 Å². The number of ether oxygens (including phenoxy) is 1. The van der Waals surface area contributed by atoms with Gasteiger partial charge in [0.25, 0.3) is 0 Å². The molecule has 0 aliphatic carbocycles. The van der Waals surface area contributed by atoms with E-state index in [2.05, 4.69) is 29.6 Å². The molecule has 4 heteroatoms. The van der Waals surface area contributed by atoms with Crippen molar-refractivity contribution in [2.75, 3.05) is 53.5 Å². The Labute approximate surface area is 93.4 Å². The molecule has 0 spiro atoms. The topological polar surface area (TPSA) is 36.5 Å². The molecular weight excluding hydrogens is 190 g/mol. The molecule has 0 radical (unpaired) electrons. The SMILES string of the molecule is CN(C)CCOCCNCC1CCCN1. The summed E-state index contributed by atoms with van der Waals surface area (Å²) in [4.78, 5) is 2.13. The Bertz CT molecular complexity index is 147. The summed E-state index contributed by atoms with van der Waals surface area (Å²) >= 11 is 0. The number of nitrogens with one attached hydrogen (secondary N) is 2. The van der Waals surface area contributed by atoms with Crippen molar-refractivity contribution < 1.29 is 4.74 Å². The lowest BCUT2D eigenvalue weighted by molar-refractivity contribution is 0.119. The third kappa shape index (κ3) is 6.84. The van der Waals surface area contributed by atoms with Gasteiger partial charge < -0.3 is 20.3 Å². The van der Waals surface area contributed by atoms with Crippen LogP contribution in [0.15, 0.2) is 0 Å². The van der Waals surface area contributed by atoms with Gasteiger partial charge in [0.2, 0.25) is 0 Å². The smallest absolute Gasteiger partial charge is 0.0593 e. The van der Waals surface area contributed by atoms with Crippen LogP contribution in [-0.4, -0.2) is 64.4 Å². The molecule has 1 fully saturated rings. The van der Waals surface area contributed by atoms with Gasteiger partial charge >= 0.3 is 0 Å². The summed E-state index contributed by atoms with van der Waals surface area (Å²) in [7, 11) is 4.13. The van der Waals surface area contributed by atoms with Crippen LogP contribution in [-0.2, 0) is 4.74 Å². The summed E-state index contributed by atoms with van der Waals surface area (Å²) in [6.45, 7) is 5.88. The lowest BCUT2D eigenvalue weighted by Crippen LogP contribution is -2.35. The molecule has 1 aliphatic rings. The summed E-state index contributed by atoms with van der Waals surface area (Å²) in [5.41, 5.74) is 0. The Morgan fingerprint density at radius 2 is 2.27 bits per heavy atom. The summed E-state index contributed by atoms with van der Waals surface area (Å²) in [6, 6.07) is 0.687. The zero-order valence-electron chi connectivity index (χ0n) is 10.1. The normalized spacial score (nSPS) is 21.4. The number of rotatable bonds is 8. The van der Waals surface area contributed by atoms with Crippen LogP contribution in [0.25, 0.3) is 0 Å². The lowest BCUT2D eigenvalue weighted by atomic mass is 10.2. The van der Waals surface area contributed by atoms with Crippen LogP contribution in [0.1, 0.15) is 12.8 Å². The zero-order chi connectivity index (χ0) is 10.9. The average molecular weight is 215 g/mol. The Hall–Kier alpha value is -0.160. The summed E-state index contributed by atoms with van der Waals surface area (Å²) in [5.74, 6) is 0. The van der Waals surface area contributed by atoms with E-state index in [0.29, 0.717) is 6.04 Å². The van der Waals surface area contributed by atoms with Crippen molar-refractivity contribution in [3.8, 4) is 0 Å². The monoisotopic (exact) mass is 215 g/mol. The van der Waals surface area contributed by atoms with E-state index in [9.17, 15) is 0 Å². The molecule has 0 aromatic rings. The van der Waals surface area contributed by atoms with Crippen LogP contribution >= 0.6 is 0 Å². The van der Waals surface area contributed by atoms with Crippen molar-refractivity contribution in [1.29, 1.82) is 0 Å². The molecule has 1 unspecified atom stereocenters. The fraction of sp³-hybridized carbons (Fsp3) is 1.00. The van der Waals surface area contributed by atoms with Gasteiger partial charge in [0.1, 0.15) is 0 Å². The van der Waals surface area contributed by atoms with Gasteiger partial charge in [0.05, 0.1) is 13.2 Å². The maximum Gasteiger partial charge on any atom is 0.0593 e. The summed E-state index contributed by atoms with van der Waals surface area (Å²) in [6.07, 6.45) is 2.64. The van der Waals surface area contributed by atoms with Gasteiger partial charge in [0, 0.05) is 25.7 Å². The molecule has 0 saturated carbocycles. The van der Waals surface area contributed by atoms with Gasteiger partial charge in [-0.3, -0.25) is 0 Å². The first-order valence-electron chi connectivity index (χ1n) is 5.95. The first kappa shape index (κ1) is 12.9. The van der Waals surface area contributed by atoms with E-state index in [0.717, 1.165) is 32.8 Å². The molecule has 4 nitrogen and oxygen atoms in total. The highest BCUT2D eigenvalue weighted by molar-refractivity contribution is 4.75. The van der Waals surface area contributed by atoms with E-state index in [-0.39, 0.29) is 0 Å². The van der Waals surface area contributed by atoms with Crippen molar-refractivity contribution in [2.24, 2.45) is 0 Å². The molecule has 1 atom stereocenters. The predicted molar refractivity (Wildman–Crippen MR) is 63.3 cm³/mol. The van der Waals surface area contributed by atoms with Crippen molar-refractivity contribution >= 4 is 0 Å². The summed E-state index contributed by atoms with van der Waals surface area (Å²) in [5, 5.41) is 6.88. The van der Waals surface area contributed by atoms with Crippen LogP contribution in [0, 0.1) is 0 Å². The second kappa shape index (κ2) is 8.05. The highest BCUT2D eigenvalue weighted by Gasteiger charge is 2.12. The molecule has 1 aliphatic heterocycles. The number of hydrogen-bond acceptors (Lipinski definition) is 4. The lowest BCUT2D eigenvalue weighted by Gasteiger charge is -2.12. The van der Waals surface area contributed by atoms with E-state index in [4.69, 9.17) is 4.74 Å². The minimum atomic E-state index is 0.687. The Morgan fingerprint density at radius 1 is 1.40 bits per heavy atom. The fourth-order valence-electron chi connectivity index (χ4n) is 1.70. The van der Waals surface area contributed by atoms with E-state index in [1.165, 1.54) is 19.4 Å². The maximum atomic E-state index is 5.48. The standard InChI is InChI=1S/C11H25N3O/c1-14(2)7-9-15-8-6-12-10-11-4-3-5-13-11/h11-13H,3-10H2,1-2H3. The van der Waals surface area contributed by atoms with Crippen LogP contribution < -0.4 is 10.6 Å². The predicted octanol–water partition coefficient (Wildman–Crippen LogP) is -0.0938. The molecule has 0 aromatic carbocycles. The molecule has 1 heterocycles. The minimum Gasteiger partial charge on any atom is -0.379 e. The first-order valence-corrected chi connectivity index (χ1v) is 5.95. The van der Waals surface area contributed by atoms with Gasteiger partial charge in [-0.1, -0.05) is 0 Å². The minimum absolute atomic E-state index is 0.687. The Kier molecular flexibility index (Phi) is 6.92. The van der Waals surface area contributed by atoms with Gasteiger partial charge in [-0.2, -0.15) is 0 Å². The molecule has 0 bridgehead atoms. The second-order valence-electron chi connectivity index (χ2n) is 4.41. The Balaban J connectivity index is 1.76. The van der Waals surface area contributed by atoms with Gasteiger partial charge in [0.15, 0.2) is 0 Å². The quantitative estimate of drug-likeness (QED) is 0.555. The van der Waals surface area contributed by atoms with Crippen molar-refractivity contribution in [3.05, 3.63) is 0 Å². The molecule has 1 rings (SSSR count). The maximum absolute atomic E-state index is 5.48. The number of nitrogens with zero attached hydrogens (tertiary/aromatic N) is 1. The molecule has 0 aromatic heterocycles. The van der Waals surface area contributed by atoms with E-state index >= 15 is 0 Å². The molecule has 15 heavy (non-hydrogen) atoms. The third-order valence-electron chi connectivity index (χ3n) is 2.66. The second-order valence-corrected chi connectivity index (χ2v) is 4.41. The molecule has 0 amide bonds. The molecule has 1 saturated heterocycles. The van der Waals surface area contributed by atoms with Crippen LogP contribution in [0.3, 0.4) is 0 Å². The van der Waals surface area contributed by atoms with Crippen LogP contribution in [0.2, 0.25) is 0 Å². The molecule has 2 N–H and O–H groups in total. The number of likely N-dealkylation sites (N-methyl/N-ethyl adjacent to an activating group) is 1. The fourth-order valence-corrected chi connectivity index (χ4v) is 1.70.